The summed E-state index contributed by atoms with van der Waals surface area (Å²) in [4.78, 5) is 4.54. The van der Waals surface area contributed by atoms with Gasteiger partial charge < -0.3 is 5.11 Å². The summed E-state index contributed by atoms with van der Waals surface area (Å²) in [5.41, 5.74) is 2.63. The van der Waals surface area contributed by atoms with Crippen LogP contribution in [-0.4, -0.2) is 14.7 Å². The number of fused-ring (bicyclic) bond motifs is 2. The zero-order valence-electron chi connectivity index (χ0n) is 17.2. The molecule has 0 spiro atoms. The molecule has 5 aromatic rings. The lowest BCUT2D eigenvalue weighted by Crippen LogP contribution is -2.30. The van der Waals surface area contributed by atoms with Crippen molar-refractivity contribution in [1.82, 2.24) is 9.55 Å². The molecule has 1 fully saturated rings. The van der Waals surface area contributed by atoms with Crippen molar-refractivity contribution in [3.8, 4) is 5.69 Å². The van der Waals surface area contributed by atoms with Crippen LogP contribution in [0.5, 0.6) is 0 Å². The second-order valence-corrected chi connectivity index (χ2v) is 8.48. The fraction of sp³-hybridized carbons (Fsp3) is 0.148. The topological polar surface area (TPSA) is 38.1 Å². The molecule has 0 bridgehead atoms. The Morgan fingerprint density at radius 2 is 1.62 bits per heavy atom. The Balaban J connectivity index is 1.52. The minimum atomic E-state index is -1.23. The third-order valence-corrected chi connectivity index (χ3v) is 6.54. The van der Waals surface area contributed by atoms with E-state index in [9.17, 15) is 13.9 Å². The van der Waals surface area contributed by atoms with Crippen LogP contribution in [0, 0.1) is 17.6 Å². The lowest BCUT2D eigenvalue weighted by atomic mass is 9.79. The van der Waals surface area contributed by atoms with Crippen LogP contribution < -0.4 is 0 Å². The highest BCUT2D eigenvalue weighted by Crippen LogP contribution is 2.51. The van der Waals surface area contributed by atoms with Gasteiger partial charge in [0.15, 0.2) is 0 Å². The number of imidazole rings is 1. The third-order valence-electron chi connectivity index (χ3n) is 6.54. The van der Waals surface area contributed by atoms with E-state index in [1.54, 1.807) is 36.7 Å². The Hall–Kier alpha value is -3.57. The molecule has 32 heavy (non-hydrogen) atoms. The van der Waals surface area contributed by atoms with Gasteiger partial charge in [0.1, 0.15) is 23.6 Å². The Bertz CT molecular complexity index is 1470. The Labute approximate surface area is 183 Å². The highest BCUT2D eigenvalue weighted by Gasteiger charge is 2.47. The molecule has 1 saturated carbocycles. The molecular formula is C27H20F2N2O. The van der Waals surface area contributed by atoms with Crippen molar-refractivity contribution < 1.29 is 13.9 Å². The molecule has 1 aliphatic rings. The minimum Gasteiger partial charge on any atom is -0.380 e. The Kier molecular flexibility index (Phi) is 4.17. The first-order valence-electron chi connectivity index (χ1n) is 10.7. The van der Waals surface area contributed by atoms with Crippen LogP contribution in [0.15, 0.2) is 85.2 Å². The average Bonchev–Trinajstić information content (AvgIpc) is 3.59. The number of rotatable bonds is 4. The molecule has 1 unspecified atom stereocenters. The summed E-state index contributed by atoms with van der Waals surface area (Å²) in [6.07, 6.45) is 3.51. The van der Waals surface area contributed by atoms with Gasteiger partial charge in [-0.1, -0.05) is 36.4 Å². The fourth-order valence-electron chi connectivity index (χ4n) is 4.76. The lowest BCUT2D eigenvalue weighted by Gasteiger charge is -2.31. The molecule has 1 N–H and O–H groups in total. The molecule has 1 aliphatic carbocycles. The first-order valence-corrected chi connectivity index (χ1v) is 10.7. The third kappa shape index (κ3) is 2.85. The van der Waals surface area contributed by atoms with Gasteiger partial charge in [0.2, 0.25) is 0 Å². The van der Waals surface area contributed by atoms with Crippen LogP contribution in [0.1, 0.15) is 24.0 Å². The van der Waals surface area contributed by atoms with Crippen LogP contribution in [0.2, 0.25) is 0 Å². The predicted octanol–water partition coefficient (Wildman–Crippen LogP) is 6.10. The summed E-state index contributed by atoms with van der Waals surface area (Å²) in [5.74, 6) is -0.523. The smallest absolute Gasteiger partial charge is 0.131 e. The number of hydrogen-bond donors (Lipinski definition) is 1. The van der Waals surface area contributed by atoms with E-state index in [0.717, 1.165) is 40.5 Å². The van der Waals surface area contributed by atoms with Crippen molar-refractivity contribution in [3.05, 3.63) is 108 Å². The van der Waals surface area contributed by atoms with Crippen LogP contribution in [-0.2, 0) is 5.60 Å². The largest absolute Gasteiger partial charge is 0.380 e. The molecule has 1 aromatic heterocycles. The monoisotopic (exact) mass is 426 g/mol. The molecule has 0 radical (unpaired) electrons. The summed E-state index contributed by atoms with van der Waals surface area (Å²) >= 11 is 0. The van der Waals surface area contributed by atoms with E-state index in [0.29, 0.717) is 10.9 Å². The lowest BCUT2D eigenvalue weighted by molar-refractivity contribution is 0.0580. The second kappa shape index (κ2) is 6.97. The van der Waals surface area contributed by atoms with Gasteiger partial charge in [-0.05, 0) is 77.7 Å². The van der Waals surface area contributed by atoms with E-state index in [4.69, 9.17) is 0 Å². The normalized spacial score (nSPS) is 15.8. The molecule has 3 nitrogen and oxygen atoms in total. The zero-order chi connectivity index (χ0) is 21.9. The van der Waals surface area contributed by atoms with Crippen molar-refractivity contribution in [3.63, 3.8) is 0 Å². The number of hydrogen-bond acceptors (Lipinski definition) is 2. The number of aliphatic hydroxyl groups is 1. The molecule has 0 aliphatic heterocycles. The van der Waals surface area contributed by atoms with Gasteiger partial charge in [-0.15, -0.1) is 0 Å². The van der Waals surface area contributed by atoms with Gasteiger partial charge in [0.05, 0.1) is 11.0 Å². The van der Waals surface area contributed by atoms with E-state index in [2.05, 4.69) is 4.98 Å². The number of benzene rings is 4. The van der Waals surface area contributed by atoms with Crippen molar-refractivity contribution in [2.45, 2.75) is 18.4 Å². The molecular weight excluding hydrogens is 406 g/mol. The van der Waals surface area contributed by atoms with Crippen molar-refractivity contribution in [2.75, 3.05) is 0 Å². The SMILES string of the molecule is OC(c1ccc2c(c1)ncn2-c1ccc(F)cc1)(c1ccc(F)c2ccccc12)C1CC1. The first kappa shape index (κ1) is 19.1. The average molecular weight is 426 g/mol. The maximum atomic E-state index is 14.5. The standard InChI is InChI=1S/C27H20F2N2O/c28-19-8-10-20(11-9-19)31-16-30-25-15-18(7-14-26(25)31)27(32,17-5-6-17)23-12-13-24(29)22-4-2-1-3-21(22)23/h1-4,7-17,32H,5-6H2. The Morgan fingerprint density at radius 3 is 2.38 bits per heavy atom. The molecule has 158 valence electrons. The van der Waals surface area contributed by atoms with Crippen LogP contribution >= 0.6 is 0 Å². The van der Waals surface area contributed by atoms with E-state index >= 15 is 0 Å². The van der Waals surface area contributed by atoms with E-state index < -0.39 is 5.60 Å². The maximum Gasteiger partial charge on any atom is 0.131 e. The summed E-state index contributed by atoms with van der Waals surface area (Å²) in [5, 5.41) is 13.3. The number of nitrogens with zero attached hydrogens (tertiary/aromatic N) is 2. The van der Waals surface area contributed by atoms with Gasteiger partial charge in [-0.3, -0.25) is 4.57 Å². The summed E-state index contributed by atoms with van der Waals surface area (Å²) in [6.45, 7) is 0. The minimum absolute atomic E-state index is 0.0630. The van der Waals surface area contributed by atoms with Crippen LogP contribution in [0.25, 0.3) is 27.5 Å². The second-order valence-electron chi connectivity index (χ2n) is 8.48. The van der Waals surface area contributed by atoms with Gasteiger partial charge in [0.25, 0.3) is 0 Å². The number of halogens is 2. The summed E-state index contributed by atoms with van der Waals surface area (Å²) in [6, 6.07) is 22.4. The molecule has 4 aromatic carbocycles. The fourth-order valence-corrected chi connectivity index (χ4v) is 4.76. The zero-order valence-corrected chi connectivity index (χ0v) is 17.2. The van der Waals surface area contributed by atoms with E-state index in [1.165, 1.54) is 18.2 Å². The quantitative estimate of drug-likeness (QED) is 0.377. The van der Waals surface area contributed by atoms with E-state index in [1.807, 2.05) is 34.9 Å². The van der Waals surface area contributed by atoms with Gasteiger partial charge >= 0.3 is 0 Å². The molecule has 0 amide bonds. The van der Waals surface area contributed by atoms with Gasteiger partial charge in [-0.25, -0.2) is 13.8 Å². The van der Waals surface area contributed by atoms with Crippen molar-refractivity contribution in [2.24, 2.45) is 5.92 Å². The first-order chi connectivity index (χ1) is 15.6. The van der Waals surface area contributed by atoms with Crippen molar-refractivity contribution >= 4 is 21.8 Å². The highest BCUT2D eigenvalue weighted by atomic mass is 19.1. The Morgan fingerprint density at radius 1 is 0.875 bits per heavy atom. The molecule has 1 atom stereocenters. The summed E-state index contributed by atoms with van der Waals surface area (Å²) in [7, 11) is 0. The predicted molar refractivity (Wildman–Crippen MR) is 121 cm³/mol. The highest BCUT2D eigenvalue weighted by molar-refractivity contribution is 5.88. The maximum absolute atomic E-state index is 14.5. The molecule has 6 rings (SSSR count). The van der Waals surface area contributed by atoms with Crippen LogP contribution in [0.3, 0.4) is 0 Å². The molecule has 1 heterocycles. The van der Waals surface area contributed by atoms with Crippen molar-refractivity contribution in [1.29, 1.82) is 0 Å². The van der Waals surface area contributed by atoms with Gasteiger partial charge in [-0.2, -0.15) is 0 Å². The molecule has 0 saturated heterocycles. The number of aromatic nitrogens is 2. The van der Waals surface area contributed by atoms with E-state index in [-0.39, 0.29) is 17.6 Å². The van der Waals surface area contributed by atoms with Gasteiger partial charge in [0, 0.05) is 11.1 Å². The molecule has 5 heteroatoms. The van der Waals surface area contributed by atoms with Crippen LogP contribution in [0.4, 0.5) is 8.78 Å². The summed E-state index contributed by atoms with van der Waals surface area (Å²) < 4.78 is 29.7.